The van der Waals surface area contributed by atoms with Gasteiger partial charge >= 0.3 is 0 Å². The predicted molar refractivity (Wildman–Crippen MR) is 74.4 cm³/mol. The lowest BCUT2D eigenvalue weighted by Gasteiger charge is -2.06. The molecule has 2 aromatic rings. The van der Waals surface area contributed by atoms with E-state index in [4.69, 9.17) is 17.3 Å². The van der Waals surface area contributed by atoms with E-state index >= 15 is 0 Å². The van der Waals surface area contributed by atoms with Gasteiger partial charge in [-0.1, -0.05) is 17.7 Å². The molecule has 0 saturated heterocycles. The van der Waals surface area contributed by atoms with Crippen LogP contribution in [0.15, 0.2) is 41.4 Å². The average molecular weight is 265 g/mol. The molecule has 2 nitrogen and oxygen atoms in total. The van der Waals surface area contributed by atoms with Crippen LogP contribution in [0.2, 0.25) is 5.02 Å². The van der Waals surface area contributed by atoms with E-state index in [1.54, 1.807) is 17.8 Å². The zero-order valence-corrected chi connectivity index (χ0v) is 11.1. The number of aromatic nitrogens is 1. The van der Waals surface area contributed by atoms with Crippen molar-refractivity contribution in [2.45, 2.75) is 17.6 Å². The van der Waals surface area contributed by atoms with Gasteiger partial charge in [-0.25, -0.2) is 0 Å². The molecule has 0 aliphatic rings. The molecule has 1 heterocycles. The van der Waals surface area contributed by atoms with E-state index in [2.05, 4.69) is 18.0 Å². The van der Waals surface area contributed by atoms with Crippen LogP contribution in [-0.2, 0) is 5.75 Å². The largest absolute Gasteiger partial charge is 0.399 e. The van der Waals surface area contributed by atoms with Gasteiger partial charge in [-0.15, -0.1) is 11.8 Å². The average Bonchev–Trinajstić information content (AvgIpc) is 2.30. The fraction of sp³-hybridized carbons (Fsp3) is 0.154. The predicted octanol–water partition coefficient (Wildman–Crippen LogP) is 3.92. The zero-order chi connectivity index (χ0) is 12.3. The molecule has 88 valence electrons. The second-order valence-electron chi connectivity index (χ2n) is 3.75. The molecule has 0 radical (unpaired) electrons. The van der Waals surface area contributed by atoms with Gasteiger partial charge in [-0.05, 0) is 36.8 Å². The summed E-state index contributed by atoms with van der Waals surface area (Å²) in [5.74, 6) is 0.816. The molecule has 1 aromatic heterocycles. The van der Waals surface area contributed by atoms with E-state index in [1.165, 1.54) is 5.56 Å². The van der Waals surface area contributed by atoms with E-state index < -0.39 is 0 Å². The summed E-state index contributed by atoms with van der Waals surface area (Å²) in [6.45, 7) is 2.06. The van der Waals surface area contributed by atoms with Gasteiger partial charge in [0.15, 0.2) is 0 Å². The first-order valence-corrected chi connectivity index (χ1v) is 6.61. The van der Waals surface area contributed by atoms with Gasteiger partial charge < -0.3 is 5.73 Å². The third-order valence-electron chi connectivity index (χ3n) is 2.44. The summed E-state index contributed by atoms with van der Waals surface area (Å²) in [4.78, 5) is 5.39. The topological polar surface area (TPSA) is 38.9 Å². The van der Waals surface area contributed by atoms with Crippen LogP contribution in [0, 0.1) is 6.92 Å². The standard InChI is InChI=1S/C13H13ClN2S/c1-9-3-2-6-16-12(9)8-17-13-5-4-10(15)7-11(13)14/h2-7H,8,15H2,1H3. The number of anilines is 1. The lowest BCUT2D eigenvalue weighted by atomic mass is 10.2. The van der Waals surface area contributed by atoms with Gasteiger partial charge in [-0.3, -0.25) is 4.98 Å². The maximum absolute atomic E-state index is 6.11. The summed E-state index contributed by atoms with van der Waals surface area (Å²) in [6.07, 6.45) is 1.81. The van der Waals surface area contributed by atoms with Crippen LogP contribution in [-0.4, -0.2) is 4.98 Å². The molecule has 17 heavy (non-hydrogen) atoms. The molecule has 2 rings (SSSR count). The fourth-order valence-electron chi connectivity index (χ4n) is 1.45. The van der Waals surface area contributed by atoms with Gasteiger partial charge in [-0.2, -0.15) is 0 Å². The Morgan fingerprint density at radius 3 is 2.88 bits per heavy atom. The minimum absolute atomic E-state index is 0.688. The SMILES string of the molecule is Cc1cccnc1CSc1ccc(N)cc1Cl. The first-order chi connectivity index (χ1) is 8.16. The number of halogens is 1. The summed E-state index contributed by atoms with van der Waals surface area (Å²) in [5, 5.41) is 0.698. The summed E-state index contributed by atoms with van der Waals surface area (Å²) in [7, 11) is 0. The van der Waals surface area contributed by atoms with Crippen LogP contribution in [0.25, 0.3) is 0 Å². The van der Waals surface area contributed by atoms with E-state index in [-0.39, 0.29) is 0 Å². The lowest BCUT2D eigenvalue weighted by molar-refractivity contribution is 1.13. The first-order valence-electron chi connectivity index (χ1n) is 5.25. The summed E-state index contributed by atoms with van der Waals surface area (Å²) in [6, 6.07) is 9.59. The number of aryl methyl sites for hydroxylation is 1. The smallest absolute Gasteiger partial charge is 0.0562 e. The molecule has 0 unspecified atom stereocenters. The van der Waals surface area contributed by atoms with Crippen molar-refractivity contribution in [1.82, 2.24) is 4.98 Å². The van der Waals surface area contributed by atoms with E-state index in [9.17, 15) is 0 Å². The zero-order valence-electron chi connectivity index (χ0n) is 9.48. The third-order valence-corrected chi connectivity index (χ3v) is 3.95. The number of rotatable bonds is 3. The van der Waals surface area contributed by atoms with Crippen LogP contribution >= 0.6 is 23.4 Å². The number of nitrogens with two attached hydrogens (primary N) is 1. The summed E-state index contributed by atoms with van der Waals surface area (Å²) in [5.41, 5.74) is 8.63. The van der Waals surface area contributed by atoms with Crippen molar-refractivity contribution in [3.05, 3.63) is 52.8 Å². The Balaban J connectivity index is 2.10. The van der Waals surface area contributed by atoms with Crippen LogP contribution in [0.5, 0.6) is 0 Å². The lowest BCUT2D eigenvalue weighted by Crippen LogP contribution is -1.91. The Morgan fingerprint density at radius 1 is 1.35 bits per heavy atom. The van der Waals surface area contributed by atoms with Gasteiger partial charge in [0.05, 0.1) is 10.7 Å². The maximum atomic E-state index is 6.11. The van der Waals surface area contributed by atoms with Crippen molar-refractivity contribution in [2.24, 2.45) is 0 Å². The quantitative estimate of drug-likeness (QED) is 0.675. The van der Waals surface area contributed by atoms with Crippen LogP contribution < -0.4 is 5.73 Å². The molecule has 0 aliphatic heterocycles. The van der Waals surface area contributed by atoms with E-state index in [1.807, 2.05) is 24.4 Å². The van der Waals surface area contributed by atoms with Crippen molar-refractivity contribution in [2.75, 3.05) is 5.73 Å². The summed E-state index contributed by atoms with van der Waals surface area (Å²) >= 11 is 7.79. The molecule has 0 bridgehead atoms. The Kier molecular flexibility index (Phi) is 3.92. The van der Waals surface area contributed by atoms with Crippen molar-refractivity contribution in [3.63, 3.8) is 0 Å². The Morgan fingerprint density at radius 2 is 2.18 bits per heavy atom. The molecular weight excluding hydrogens is 252 g/mol. The molecule has 1 aromatic carbocycles. The highest BCUT2D eigenvalue weighted by Gasteiger charge is 2.04. The monoisotopic (exact) mass is 264 g/mol. The number of hydrogen-bond acceptors (Lipinski definition) is 3. The molecule has 0 spiro atoms. The molecule has 0 amide bonds. The molecule has 0 atom stereocenters. The number of pyridine rings is 1. The van der Waals surface area contributed by atoms with Crippen LogP contribution in [0.3, 0.4) is 0 Å². The Hall–Kier alpha value is -1.19. The molecule has 2 N–H and O–H groups in total. The minimum Gasteiger partial charge on any atom is -0.399 e. The number of thioether (sulfide) groups is 1. The van der Waals surface area contributed by atoms with Gasteiger partial charge in [0.2, 0.25) is 0 Å². The number of hydrogen-bond donors (Lipinski definition) is 1. The van der Waals surface area contributed by atoms with Crippen molar-refractivity contribution in [3.8, 4) is 0 Å². The highest BCUT2D eigenvalue weighted by atomic mass is 35.5. The first kappa shape index (κ1) is 12.3. The third kappa shape index (κ3) is 3.14. The Bertz CT molecular complexity index is 529. The van der Waals surface area contributed by atoms with E-state index in [0.29, 0.717) is 10.7 Å². The van der Waals surface area contributed by atoms with Gasteiger partial charge in [0.25, 0.3) is 0 Å². The Labute approximate surface area is 110 Å². The highest BCUT2D eigenvalue weighted by Crippen LogP contribution is 2.31. The van der Waals surface area contributed by atoms with Gasteiger partial charge in [0.1, 0.15) is 0 Å². The maximum Gasteiger partial charge on any atom is 0.0562 e. The van der Waals surface area contributed by atoms with E-state index in [0.717, 1.165) is 16.3 Å². The summed E-state index contributed by atoms with van der Waals surface area (Å²) < 4.78 is 0. The highest BCUT2D eigenvalue weighted by molar-refractivity contribution is 7.98. The van der Waals surface area contributed by atoms with Crippen LogP contribution in [0.1, 0.15) is 11.3 Å². The molecular formula is C13H13ClN2S. The van der Waals surface area contributed by atoms with Crippen molar-refractivity contribution < 1.29 is 0 Å². The fourth-order valence-corrected chi connectivity index (χ4v) is 2.76. The number of benzene rings is 1. The van der Waals surface area contributed by atoms with Crippen molar-refractivity contribution >= 4 is 29.1 Å². The number of nitrogen functional groups attached to an aromatic ring is 1. The molecule has 0 saturated carbocycles. The molecule has 4 heteroatoms. The van der Waals surface area contributed by atoms with Crippen LogP contribution in [0.4, 0.5) is 5.69 Å². The molecule has 0 aliphatic carbocycles. The number of nitrogens with zero attached hydrogens (tertiary/aromatic N) is 1. The van der Waals surface area contributed by atoms with Crippen molar-refractivity contribution in [1.29, 1.82) is 0 Å². The normalized spacial score (nSPS) is 10.5. The minimum atomic E-state index is 0.688. The van der Waals surface area contributed by atoms with Gasteiger partial charge in [0, 0.05) is 22.5 Å². The molecule has 0 fully saturated rings. The second-order valence-corrected chi connectivity index (χ2v) is 5.17. The second kappa shape index (κ2) is 5.43.